The van der Waals surface area contributed by atoms with E-state index in [1.54, 1.807) is 17.0 Å². The monoisotopic (exact) mass is 534 g/mol. The van der Waals surface area contributed by atoms with Crippen molar-refractivity contribution in [3.8, 4) is 5.75 Å². The first-order valence-corrected chi connectivity index (χ1v) is 12.8. The topological polar surface area (TPSA) is 58.6 Å². The van der Waals surface area contributed by atoms with Gasteiger partial charge in [-0.15, -0.1) is 0 Å². The highest BCUT2D eigenvalue weighted by molar-refractivity contribution is 9.10. The summed E-state index contributed by atoms with van der Waals surface area (Å²) >= 11 is 9.61. The molecule has 0 spiro atoms. The van der Waals surface area contributed by atoms with Crippen LogP contribution in [0.1, 0.15) is 56.6 Å². The van der Waals surface area contributed by atoms with E-state index in [0.29, 0.717) is 23.7 Å². The minimum absolute atomic E-state index is 0.0912. The SMILES string of the molecule is CC[C@H](C(=O)NC1CCCCC1)N(Cc1ccc(C)cc1)C(=O)COc1ccc(Br)cc1Cl. The van der Waals surface area contributed by atoms with Gasteiger partial charge in [-0.05, 0) is 49.9 Å². The standard InChI is InChI=1S/C26H32BrClN2O3/c1-3-23(26(32)29-21-7-5-4-6-8-21)30(16-19-11-9-18(2)10-12-19)25(31)17-33-24-14-13-20(27)15-22(24)28/h9-15,21,23H,3-8,16-17H2,1-2H3,(H,29,32)/t23-/m1/s1. The van der Waals surface area contributed by atoms with Crippen molar-refractivity contribution in [1.82, 2.24) is 10.2 Å². The lowest BCUT2D eigenvalue weighted by Gasteiger charge is -2.32. The number of amides is 2. The summed E-state index contributed by atoms with van der Waals surface area (Å²) in [6, 6.07) is 12.9. The number of nitrogens with one attached hydrogen (secondary N) is 1. The molecule has 33 heavy (non-hydrogen) atoms. The fourth-order valence-corrected chi connectivity index (χ4v) is 4.90. The van der Waals surface area contributed by atoms with E-state index in [0.717, 1.165) is 41.3 Å². The molecule has 0 radical (unpaired) electrons. The Bertz CT molecular complexity index is 945. The molecule has 2 aromatic rings. The van der Waals surface area contributed by atoms with Gasteiger partial charge in [0.05, 0.1) is 5.02 Å². The number of nitrogens with zero attached hydrogens (tertiary/aromatic N) is 1. The van der Waals surface area contributed by atoms with Gasteiger partial charge in [-0.1, -0.05) is 83.5 Å². The van der Waals surface area contributed by atoms with Gasteiger partial charge in [0.1, 0.15) is 11.8 Å². The highest BCUT2D eigenvalue weighted by atomic mass is 79.9. The second-order valence-corrected chi connectivity index (χ2v) is 9.96. The van der Waals surface area contributed by atoms with Crippen molar-refractivity contribution in [3.63, 3.8) is 0 Å². The van der Waals surface area contributed by atoms with Crippen LogP contribution in [0.4, 0.5) is 0 Å². The van der Waals surface area contributed by atoms with Crippen LogP contribution in [0.3, 0.4) is 0 Å². The van der Waals surface area contributed by atoms with E-state index in [1.165, 1.54) is 6.42 Å². The van der Waals surface area contributed by atoms with Crippen LogP contribution in [-0.2, 0) is 16.1 Å². The summed E-state index contributed by atoms with van der Waals surface area (Å²) in [5.74, 6) is 0.0925. The second kappa shape index (κ2) is 12.4. The molecule has 1 fully saturated rings. The van der Waals surface area contributed by atoms with Crippen LogP contribution < -0.4 is 10.1 Å². The fraction of sp³-hybridized carbons (Fsp3) is 0.462. The molecule has 0 aliphatic heterocycles. The number of carbonyl (C=O) groups excluding carboxylic acids is 2. The van der Waals surface area contributed by atoms with Crippen LogP contribution in [0.15, 0.2) is 46.9 Å². The summed E-state index contributed by atoms with van der Waals surface area (Å²) in [6.45, 7) is 4.11. The van der Waals surface area contributed by atoms with Crippen molar-refractivity contribution in [2.45, 2.75) is 71.0 Å². The first kappa shape index (κ1) is 25.6. The maximum absolute atomic E-state index is 13.3. The molecule has 0 saturated heterocycles. The van der Waals surface area contributed by atoms with Crippen molar-refractivity contribution in [3.05, 3.63) is 63.1 Å². The highest BCUT2D eigenvalue weighted by Gasteiger charge is 2.30. The number of halogens is 2. The zero-order valence-electron chi connectivity index (χ0n) is 19.3. The fourth-order valence-electron chi connectivity index (χ4n) is 4.17. The number of benzene rings is 2. The molecule has 1 atom stereocenters. The summed E-state index contributed by atoms with van der Waals surface area (Å²) in [7, 11) is 0. The average molecular weight is 536 g/mol. The largest absolute Gasteiger partial charge is 0.482 e. The molecule has 0 heterocycles. The number of hydrogen-bond donors (Lipinski definition) is 1. The van der Waals surface area contributed by atoms with Crippen molar-refractivity contribution in [2.75, 3.05) is 6.61 Å². The zero-order valence-corrected chi connectivity index (χ0v) is 21.6. The maximum Gasteiger partial charge on any atom is 0.261 e. The Labute approximate surface area is 210 Å². The molecule has 5 nitrogen and oxygen atoms in total. The number of carbonyl (C=O) groups is 2. The van der Waals surface area contributed by atoms with Gasteiger partial charge in [0, 0.05) is 17.1 Å². The summed E-state index contributed by atoms with van der Waals surface area (Å²) in [6.07, 6.45) is 6.01. The second-order valence-electron chi connectivity index (χ2n) is 8.64. The Morgan fingerprint density at radius 3 is 2.48 bits per heavy atom. The van der Waals surface area contributed by atoms with Crippen molar-refractivity contribution in [2.24, 2.45) is 0 Å². The third-order valence-corrected chi connectivity index (χ3v) is 6.84. The van der Waals surface area contributed by atoms with Crippen LogP contribution >= 0.6 is 27.5 Å². The number of hydrogen-bond acceptors (Lipinski definition) is 3. The van der Waals surface area contributed by atoms with Crippen LogP contribution in [0.25, 0.3) is 0 Å². The molecule has 1 aliphatic carbocycles. The summed E-state index contributed by atoms with van der Waals surface area (Å²) < 4.78 is 6.57. The smallest absolute Gasteiger partial charge is 0.261 e. The Kier molecular flexibility index (Phi) is 9.63. The third-order valence-electron chi connectivity index (χ3n) is 6.06. The lowest BCUT2D eigenvalue weighted by molar-refractivity contribution is -0.143. The van der Waals surface area contributed by atoms with E-state index >= 15 is 0 Å². The average Bonchev–Trinajstić information content (AvgIpc) is 2.80. The van der Waals surface area contributed by atoms with E-state index in [4.69, 9.17) is 16.3 Å². The Morgan fingerprint density at radius 1 is 1.15 bits per heavy atom. The molecule has 178 valence electrons. The van der Waals surface area contributed by atoms with E-state index in [1.807, 2.05) is 44.2 Å². The summed E-state index contributed by atoms with van der Waals surface area (Å²) in [5, 5.41) is 3.61. The third kappa shape index (κ3) is 7.47. The lowest BCUT2D eigenvalue weighted by Crippen LogP contribution is -2.52. The summed E-state index contributed by atoms with van der Waals surface area (Å²) in [4.78, 5) is 28.2. The van der Waals surface area contributed by atoms with E-state index < -0.39 is 6.04 Å². The minimum atomic E-state index is -0.565. The van der Waals surface area contributed by atoms with E-state index in [2.05, 4.69) is 21.2 Å². The molecule has 1 saturated carbocycles. The highest BCUT2D eigenvalue weighted by Crippen LogP contribution is 2.28. The summed E-state index contributed by atoms with van der Waals surface area (Å²) in [5.41, 5.74) is 2.12. The first-order chi connectivity index (χ1) is 15.9. The van der Waals surface area contributed by atoms with Gasteiger partial charge in [-0.2, -0.15) is 0 Å². The quantitative estimate of drug-likeness (QED) is 0.425. The molecule has 0 unspecified atom stereocenters. The molecule has 2 aromatic carbocycles. The number of ether oxygens (including phenoxy) is 1. The van der Waals surface area contributed by atoms with Crippen molar-refractivity contribution < 1.29 is 14.3 Å². The molecule has 0 aromatic heterocycles. The molecule has 1 N–H and O–H groups in total. The predicted octanol–water partition coefficient (Wildman–Crippen LogP) is 6.05. The van der Waals surface area contributed by atoms with E-state index in [9.17, 15) is 9.59 Å². The molecule has 3 rings (SSSR count). The van der Waals surface area contributed by atoms with Gasteiger partial charge in [0.25, 0.3) is 5.91 Å². The number of rotatable bonds is 9. The molecule has 2 amide bonds. The maximum atomic E-state index is 13.3. The lowest BCUT2D eigenvalue weighted by atomic mass is 9.95. The predicted molar refractivity (Wildman–Crippen MR) is 135 cm³/mol. The number of aryl methyl sites for hydroxylation is 1. The van der Waals surface area contributed by atoms with Gasteiger partial charge in [-0.3, -0.25) is 9.59 Å². The van der Waals surface area contributed by atoms with Gasteiger partial charge in [-0.25, -0.2) is 0 Å². The zero-order chi connectivity index (χ0) is 23.8. The van der Waals surface area contributed by atoms with Crippen LogP contribution in [0.5, 0.6) is 5.75 Å². The van der Waals surface area contributed by atoms with Crippen molar-refractivity contribution >= 4 is 39.3 Å². The van der Waals surface area contributed by atoms with Crippen molar-refractivity contribution in [1.29, 1.82) is 0 Å². The van der Waals surface area contributed by atoms with Gasteiger partial charge < -0.3 is 15.0 Å². The van der Waals surface area contributed by atoms with Crippen LogP contribution in [-0.4, -0.2) is 35.4 Å². The van der Waals surface area contributed by atoms with Gasteiger partial charge in [0.15, 0.2) is 6.61 Å². The molecular weight excluding hydrogens is 504 g/mol. The normalized spacial score (nSPS) is 15.0. The minimum Gasteiger partial charge on any atom is -0.482 e. The van der Waals surface area contributed by atoms with Crippen LogP contribution in [0, 0.1) is 6.92 Å². The molecule has 1 aliphatic rings. The van der Waals surface area contributed by atoms with Crippen LogP contribution in [0.2, 0.25) is 5.02 Å². The first-order valence-electron chi connectivity index (χ1n) is 11.6. The molecule has 7 heteroatoms. The Morgan fingerprint density at radius 2 is 1.85 bits per heavy atom. The Balaban J connectivity index is 1.76. The van der Waals surface area contributed by atoms with Gasteiger partial charge >= 0.3 is 0 Å². The molecular formula is C26H32BrClN2O3. The molecule has 0 bridgehead atoms. The Hall–Kier alpha value is -2.05. The van der Waals surface area contributed by atoms with E-state index in [-0.39, 0.29) is 24.5 Å². The van der Waals surface area contributed by atoms with Gasteiger partial charge in [0.2, 0.25) is 5.91 Å².